The predicted molar refractivity (Wildman–Crippen MR) is 90.8 cm³/mol. The Morgan fingerprint density at radius 3 is 2.50 bits per heavy atom. The Balaban J connectivity index is 2.77. The molecule has 0 spiro atoms. The summed E-state index contributed by atoms with van der Waals surface area (Å²) in [5.74, 6) is 0.698. The number of anilines is 1. The molecule has 20 heavy (non-hydrogen) atoms. The summed E-state index contributed by atoms with van der Waals surface area (Å²) in [6, 6.07) is 0. The number of aromatic nitrogens is 1. The quantitative estimate of drug-likeness (QED) is 0.705. The number of nitrogens with one attached hydrogen (secondary N) is 1. The van der Waals surface area contributed by atoms with E-state index in [1.165, 1.54) is 28.5 Å². The molecule has 1 heterocycles. The fraction of sp³-hybridized carbons (Fsp3) is 0.812. The van der Waals surface area contributed by atoms with Crippen LogP contribution < -0.4 is 10.2 Å². The second-order valence-corrected chi connectivity index (χ2v) is 6.78. The van der Waals surface area contributed by atoms with Crippen LogP contribution in [0.15, 0.2) is 0 Å². The van der Waals surface area contributed by atoms with Crippen molar-refractivity contribution >= 4 is 16.5 Å². The Kier molecular flexibility index (Phi) is 8.15. The van der Waals surface area contributed by atoms with Crippen molar-refractivity contribution in [3.05, 3.63) is 10.6 Å². The summed E-state index contributed by atoms with van der Waals surface area (Å²) >= 11 is 1.88. The lowest BCUT2D eigenvalue weighted by Crippen LogP contribution is -2.23. The molecule has 116 valence electrons. The lowest BCUT2D eigenvalue weighted by molar-refractivity contribution is 0.553. The van der Waals surface area contributed by atoms with Gasteiger partial charge in [-0.2, -0.15) is 0 Å². The molecular formula is C16H31N3S. The summed E-state index contributed by atoms with van der Waals surface area (Å²) in [6.07, 6.45) is 3.44. The van der Waals surface area contributed by atoms with E-state index in [2.05, 4.69) is 44.8 Å². The molecular weight excluding hydrogens is 266 g/mol. The highest BCUT2D eigenvalue weighted by atomic mass is 32.1. The van der Waals surface area contributed by atoms with Crippen molar-refractivity contribution in [3.63, 3.8) is 0 Å². The Bertz CT molecular complexity index is 374. The molecule has 4 heteroatoms. The fourth-order valence-electron chi connectivity index (χ4n) is 2.21. The molecule has 0 atom stereocenters. The van der Waals surface area contributed by atoms with Gasteiger partial charge in [-0.1, -0.05) is 34.1 Å². The molecule has 1 N–H and O–H groups in total. The summed E-state index contributed by atoms with van der Waals surface area (Å²) in [5.41, 5.74) is 1.30. The molecule has 0 aliphatic carbocycles. The van der Waals surface area contributed by atoms with Crippen LogP contribution in [0.4, 0.5) is 5.13 Å². The smallest absolute Gasteiger partial charge is 0.185 e. The van der Waals surface area contributed by atoms with Gasteiger partial charge in [0.25, 0.3) is 0 Å². The molecule has 1 aromatic rings. The lowest BCUT2D eigenvalue weighted by Gasteiger charge is -2.18. The van der Waals surface area contributed by atoms with Gasteiger partial charge in [0.2, 0.25) is 0 Å². The van der Waals surface area contributed by atoms with Gasteiger partial charge in [0.15, 0.2) is 5.13 Å². The minimum absolute atomic E-state index is 0.698. The molecule has 0 saturated carbocycles. The SMILES string of the molecule is CCCc1nc(N(CC)CCC)sc1CNCC(C)C. The van der Waals surface area contributed by atoms with Crippen LogP contribution >= 0.6 is 11.3 Å². The summed E-state index contributed by atoms with van der Waals surface area (Å²) < 4.78 is 0. The standard InChI is InChI=1S/C16H31N3S/c1-6-9-14-15(12-17-11-13(4)5)20-16(18-14)19(8-3)10-7-2/h13,17H,6-12H2,1-5H3. The Morgan fingerprint density at radius 1 is 1.20 bits per heavy atom. The van der Waals surface area contributed by atoms with Crippen LogP contribution in [0.25, 0.3) is 0 Å². The first-order valence-corrected chi connectivity index (χ1v) is 8.88. The van der Waals surface area contributed by atoms with Crippen molar-refractivity contribution in [3.8, 4) is 0 Å². The second-order valence-electron chi connectivity index (χ2n) is 5.72. The van der Waals surface area contributed by atoms with Crippen molar-refractivity contribution in [2.45, 2.75) is 60.4 Å². The molecule has 0 amide bonds. The van der Waals surface area contributed by atoms with Gasteiger partial charge in [0, 0.05) is 24.5 Å². The number of thiazole rings is 1. The largest absolute Gasteiger partial charge is 0.348 e. The zero-order chi connectivity index (χ0) is 15.0. The van der Waals surface area contributed by atoms with Gasteiger partial charge in [-0.05, 0) is 32.2 Å². The van der Waals surface area contributed by atoms with Gasteiger partial charge >= 0.3 is 0 Å². The monoisotopic (exact) mass is 297 g/mol. The maximum atomic E-state index is 4.89. The topological polar surface area (TPSA) is 28.2 Å². The van der Waals surface area contributed by atoms with Gasteiger partial charge in [0.1, 0.15) is 0 Å². The minimum Gasteiger partial charge on any atom is -0.348 e. The van der Waals surface area contributed by atoms with Crippen LogP contribution in [-0.2, 0) is 13.0 Å². The number of aryl methyl sites for hydroxylation is 1. The van der Waals surface area contributed by atoms with Gasteiger partial charge in [-0.15, -0.1) is 11.3 Å². The Labute approximate surface area is 128 Å². The average molecular weight is 298 g/mol. The van der Waals surface area contributed by atoms with Crippen LogP contribution in [-0.4, -0.2) is 24.6 Å². The molecule has 0 bridgehead atoms. The fourth-order valence-corrected chi connectivity index (χ4v) is 3.37. The van der Waals surface area contributed by atoms with Crippen molar-refractivity contribution < 1.29 is 0 Å². The van der Waals surface area contributed by atoms with E-state index in [0.29, 0.717) is 5.92 Å². The molecule has 0 radical (unpaired) electrons. The van der Waals surface area contributed by atoms with Crippen molar-refractivity contribution in [1.82, 2.24) is 10.3 Å². The zero-order valence-corrected chi connectivity index (χ0v) is 14.6. The number of hydrogen-bond acceptors (Lipinski definition) is 4. The van der Waals surface area contributed by atoms with Gasteiger partial charge in [-0.25, -0.2) is 4.98 Å². The van der Waals surface area contributed by atoms with Crippen molar-refractivity contribution in [1.29, 1.82) is 0 Å². The van der Waals surface area contributed by atoms with E-state index in [4.69, 9.17) is 4.98 Å². The van der Waals surface area contributed by atoms with Crippen molar-refractivity contribution in [2.75, 3.05) is 24.5 Å². The van der Waals surface area contributed by atoms with Crippen LogP contribution in [0.5, 0.6) is 0 Å². The molecule has 3 nitrogen and oxygen atoms in total. The molecule has 0 aliphatic rings. The number of hydrogen-bond donors (Lipinski definition) is 1. The minimum atomic E-state index is 0.698. The van der Waals surface area contributed by atoms with Gasteiger partial charge < -0.3 is 10.2 Å². The molecule has 0 unspecified atom stereocenters. The normalized spacial score (nSPS) is 11.3. The Morgan fingerprint density at radius 2 is 1.95 bits per heavy atom. The Hall–Kier alpha value is -0.610. The van der Waals surface area contributed by atoms with E-state index in [9.17, 15) is 0 Å². The highest BCUT2D eigenvalue weighted by Crippen LogP contribution is 2.27. The van der Waals surface area contributed by atoms with Gasteiger partial charge in [-0.3, -0.25) is 0 Å². The molecule has 0 fully saturated rings. The molecule has 0 saturated heterocycles. The van der Waals surface area contributed by atoms with E-state index in [0.717, 1.165) is 32.6 Å². The number of nitrogens with zero attached hydrogens (tertiary/aromatic N) is 2. The first-order valence-electron chi connectivity index (χ1n) is 8.06. The summed E-state index contributed by atoms with van der Waals surface area (Å²) in [5, 5.41) is 4.76. The van der Waals surface area contributed by atoms with Crippen LogP contribution in [0.1, 0.15) is 58.0 Å². The van der Waals surface area contributed by atoms with Crippen molar-refractivity contribution in [2.24, 2.45) is 5.92 Å². The molecule has 1 rings (SSSR count). The van der Waals surface area contributed by atoms with E-state index < -0.39 is 0 Å². The molecule has 0 aliphatic heterocycles. The van der Waals surface area contributed by atoms with E-state index >= 15 is 0 Å². The van der Waals surface area contributed by atoms with E-state index in [1.807, 2.05) is 11.3 Å². The maximum Gasteiger partial charge on any atom is 0.185 e. The molecule has 1 aromatic heterocycles. The summed E-state index contributed by atoms with van der Waals surface area (Å²) in [4.78, 5) is 8.72. The first kappa shape index (κ1) is 17.4. The van der Waals surface area contributed by atoms with Crippen LogP contribution in [0.3, 0.4) is 0 Å². The predicted octanol–water partition coefficient (Wildman–Crippen LogP) is 4.08. The third-order valence-corrected chi connectivity index (χ3v) is 4.40. The summed E-state index contributed by atoms with van der Waals surface area (Å²) in [7, 11) is 0. The first-order chi connectivity index (χ1) is 9.62. The third-order valence-electron chi connectivity index (χ3n) is 3.24. The maximum absolute atomic E-state index is 4.89. The second kappa shape index (κ2) is 9.35. The van der Waals surface area contributed by atoms with Crippen LogP contribution in [0.2, 0.25) is 0 Å². The van der Waals surface area contributed by atoms with Crippen LogP contribution in [0, 0.1) is 5.92 Å². The summed E-state index contributed by atoms with van der Waals surface area (Å²) in [6.45, 7) is 15.4. The lowest BCUT2D eigenvalue weighted by atomic mass is 10.2. The average Bonchev–Trinajstić information content (AvgIpc) is 2.79. The zero-order valence-electron chi connectivity index (χ0n) is 13.8. The van der Waals surface area contributed by atoms with E-state index in [-0.39, 0.29) is 0 Å². The van der Waals surface area contributed by atoms with E-state index in [1.54, 1.807) is 0 Å². The highest BCUT2D eigenvalue weighted by Gasteiger charge is 2.14. The number of rotatable bonds is 10. The third kappa shape index (κ3) is 5.41. The van der Waals surface area contributed by atoms with Gasteiger partial charge in [0.05, 0.1) is 5.69 Å². The highest BCUT2D eigenvalue weighted by molar-refractivity contribution is 7.15. The molecule has 0 aromatic carbocycles.